The van der Waals surface area contributed by atoms with Crippen LogP contribution in [0.1, 0.15) is 21.9 Å². The van der Waals surface area contributed by atoms with Gasteiger partial charge < -0.3 is 5.73 Å². The Morgan fingerprint density at radius 1 is 1.21 bits per heavy atom. The lowest BCUT2D eigenvalue weighted by Crippen LogP contribution is -2.25. The Bertz CT molecular complexity index is 609. The van der Waals surface area contributed by atoms with E-state index in [9.17, 15) is 4.79 Å². The second kappa shape index (κ2) is 5.72. The number of carbonyl (C=O) groups is 1. The van der Waals surface area contributed by atoms with Gasteiger partial charge in [-0.2, -0.15) is 5.10 Å². The molecule has 0 unspecified atom stereocenters. The zero-order chi connectivity index (χ0) is 13.7. The van der Waals surface area contributed by atoms with E-state index >= 15 is 0 Å². The minimum atomic E-state index is -0.414. The molecule has 0 spiro atoms. The summed E-state index contributed by atoms with van der Waals surface area (Å²) in [6, 6.07) is 10.4. The van der Waals surface area contributed by atoms with Crippen molar-refractivity contribution in [3.8, 4) is 0 Å². The second-order valence-corrected chi connectivity index (χ2v) is 3.82. The molecule has 3 N–H and O–H groups in total. The highest BCUT2D eigenvalue weighted by Gasteiger charge is 2.06. The molecule has 19 heavy (non-hydrogen) atoms. The van der Waals surface area contributed by atoms with Crippen LogP contribution in [0, 0.1) is 6.92 Å². The van der Waals surface area contributed by atoms with E-state index in [0.717, 1.165) is 5.69 Å². The summed E-state index contributed by atoms with van der Waals surface area (Å²) in [5, 5.41) is 3.79. The number of nitrogens with two attached hydrogens (primary N) is 1. The zero-order valence-electron chi connectivity index (χ0n) is 10.4. The van der Waals surface area contributed by atoms with Gasteiger partial charge in [0.1, 0.15) is 11.4 Å². The highest BCUT2D eigenvalue weighted by atomic mass is 16.2. The summed E-state index contributed by atoms with van der Waals surface area (Å²) >= 11 is 0. The molecule has 6 heteroatoms. The highest BCUT2D eigenvalue weighted by molar-refractivity contribution is 5.98. The van der Waals surface area contributed by atoms with Crippen LogP contribution in [0.25, 0.3) is 0 Å². The molecule has 0 aromatic carbocycles. The number of rotatable bonds is 3. The number of hydrogen-bond donors (Lipinski definition) is 2. The van der Waals surface area contributed by atoms with Gasteiger partial charge in [-0.15, -0.1) is 0 Å². The minimum Gasteiger partial charge on any atom is -0.380 e. The number of hydrazone groups is 1. The highest BCUT2D eigenvalue weighted by Crippen LogP contribution is 1.98. The Morgan fingerprint density at radius 2 is 2.00 bits per heavy atom. The molecule has 0 saturated heterocycles. The number of aromatic nitrogens is 2. The molecule has 96 valence electrons. The molecule has 6 nitrogen and oxygen atoms in total. The molecule has 0 saturated carbocycles. The summed E-state index contributed by atoms with van der Waals surface area (Å²) in [5.74, 6) is -0.274. The summed E-state index contributed by atoms with van der Waals surface area (Å²) in [6.45, 7) is 1.81. The number of carbonyl (C=O) groups excluding carboxylic acids is 1. The van der Waals surface area contributed by atoms with Crippen molar-refractivity contribution < 1.29 is 4.79 Å². The van der Waals surface area contributed by atoms with Crippen molar-refractivity contribution in [2.45, 2.75) is 6.92 Å². The van der Waals surface area contributed by atoms with Gasteiger partial charge in [0.15, 0.2) is 5.84 Å². The number of nitrogens with zero attached hydrogens (tertiary/aromatic N) is 3. The Hall–Kier alpha value is -2.76. The maximum absolute atomic E-state index is 11.8. The molecule has 2 heterocycles. The first-order chi connectivity index (χ1) is 9.16. The standard InChI is InChI=1S/C13H13N5O/c1-9-5-4-7-11(16-9)13(19)18-17-12(14)10-6-2-3-8-15-10/h2-8H,1H3,(H2,14,17)(H,18,19). The van der Waals surface area contributed by atoms with E-state index in [4.69, 9.17) is 5.73 Å². The first-order valence-corrected chi connectivity index (χ1v) is 5.65. The number of aryl methyl sites for hydroxylation is 1. The lowest BCUT2D eigenvalue weighted by Gasteiger charge is -2.02. The molecule has 0 aliphatic rings. The molecule has 0 aliphatic heterocycles. The van der Waals surface area contributed by atoms with Crippen molar-refractivity contribution >= 4 is 11.7 Å². The van der Waals surface area contributed by atoms with Gasteiger partial charge in [0, 0.05) is 11.9 Å². The SMILES string of the molecule is Cc1cccc(C(=O)N/N=C(\N)c2ccccn2)n1. The number of amidine groups is 1. The minimum absolute atomic E-state index is 0.140. The Morgan fingerprint density at radius 3 is 2.68 bits per heavy atom. The van der Waals surface area contributed by atoms with Gasteiger partial charge in [-0.3, -0.25) is 9.78 Å². The maximum Gasteiger partial charge on any atom is 0.290 e. The Balaban J connectivity index is 2.08. The average molecular weight is 255 g/mol. The summed E-state index contributed by atoms with van der Waals surface area (Å²) in [5.41, 5.74) is 9.60. The van der Waals surface area contributed by atoms with Crippen LogP contribution in [-0.2, 0) is 0 Å². The van der Waals surface area contributed by atoms with E-state index in [2.05, 4.69) is 20.5 Å². The van der Waals surface area contributed by atoms with Crippen molar-refractivity contribution in [3.63, 3.8) is 0 Å². The van der Waals surface area contributed by atoms with Crippen molar-refractivity contribution in [3.05, 3.63) is 59.7 Å². The smallest absolute Gasteiger partial charge is 0.290 e. The number of pyridine rings is 2. The lowest BCUT2D eigenvalue weighted by molar-refractivity contribution is 0.0949. The van der Waals surface area contributed by atoms with E-state index in [0.29, 0.717) is 5.69 Å². The first kappa shape index (κ1) is 12.7. The predicted molar refractivity (Wildman–Crippen MR) is 71.4 cm³/mol. The monoisotopic (exact) mass is 255 g/mol. The number of hydrogen-bond acceptors (Lipinski definition) is 4. The molecular formula is C13H13N5O. The van der Waals surface area contributed by atoms with Crippen molar-refractivity contribution in [1.29, 1.82) is 0 Å². The molecule has 1 amide bonds. The number of nitrogens with one attached hydrogen (secondary N) is 1. The quantitative estimate of drug-likeness (QED) is 0.482. The van der Waals surface area contributed by atoms with E-state index in [1.807, 2.05) is 13.0 Å². The summed E-state index contributed by atoms with van der Waals surface area (Å²) in [4.78, 5) is 19.9. The van der Waals surface area contributed by atoms with E-state index < -0.39 is 5.91 Å². The van der Waals surface area contributed by atoms with Crippen LogP contribution in [0.4, 0.5) is 0 Å². The topological polar surface area (TPSA) is 93.3 Å². The molecule has 0 bridgehead atoms. The molecule has 2 aromatic heterocycles. The average Bonchev–Trinajstić information content (AvgIpc) is 2.45. The molecule has 2 rings (SSSR count). The predicted octanol–water partition coefficient (Wildman–Crippen LogP) is 0.835. The van der Waals surface area contributed by atoms with Crippen molar-refractivity contribution in [2.24, 2.45) is 10.8 Å². The Kier molecular flexibility index (Phi) is 3.82. The van der Waals surface area contributed by atoms with E-state index in [1.165, 1.54) is 0 Å². The molecule has 2 aromatic rings. The van der Waals surface area contributed by atoms with Crippen LogP contribution in [0.2, 0.25) is 0 Å². The van der Waals surface area contributed by atoms with Gasteiger partial charge in [0.25, 0.3) is 5.91 Å². The van der Waals surface area contributed by atoms with Gasteiger partial charge in [0.05, 0.1) is 0 Å². The molecule has 0 atom stereocenters. The molecule has 0 fully saturated rings. The molecule has 0 aliphatic carbocycles. The van der Waals surface area contributed by atoms with Gasteiger partial charge in [-0.25, -0.2) is 10.4 Å². The van der Waals surface area contributed by atoms with Crippen molar-refractivity contribution in [2.75, 3.05) is 0 Å². The third kappa shape index (κ3) is 3.35. The summed E-state index contributed by atoms with van der Waals surface area (Å²) in [7, 11) is 0. The van der Waals surface area contributed by atoms with Crippen molar-refractivity contribution in [1.82, 2.24) is 15.4 Å². The first-order valence-electron chi connectivity index (χ1n) is 5.65. The van der Waals surface area contributed by atoms with Crippen LogP contribution in [-0.4, -0.2) is 21.7 Å². The molecule has 0 radical (unpaired) electrons. The van der Waals surface area contributed by atoms with Crippen LogP contribution in [0.15, 0.2) is 47.7 Å². The van der Waals surface area contributed by atoms with Crippen LogP contribution >= 0.6 is 0 Å². The van der Waals surface area contributed by atoms with Gasteiger partial charge in [0.2, 0.25) is 0 Å². The normalized spacial score (nSPS) is 11.1. The lowest BCUT2D eigenvalue weighted by atomic mass is 10.3. The molecular weight excluding hydrogens is 242 g/mol. The van der Waals surface area contributed by atoms with E-state index in [-0.39, 0.29) is 11.5 Å². The summed E-state index contributed by atoms with van der Waals surface area (Å²) in [6.07, 6.45) is 1.60. The van der Waals surface area contributed by atoms with Crippen LogP contribution < -0.4 is 11.2 Å². The van der Waals surface area contributed by atoms with Gasteiger partial charge in [-0.05, 0) is 31.2 Å². The second-order valence-electron chi connectivity index (χ2n) is 3.82. The third-order valence-electron chi connectivity index (χ3n) is 2.33. The van der Waals surface area contributed by atoms with Gasteiger partial charge in [-0.1, -0.05) is 12.1 Å². The fourth-order valence-corrected chi connectivity index (χ4v) is 1.41. The Labute approximate surface area is 110 Å². The zero-order valence-corrected chi connectivity index (χ0v) is 10.4. The maximum atomic E-state index is 11.8. The number of amides is 1. The summed E-state index contributed by atoms with van der Waals surface area (Å²) < 4.78 is 0. The van der Waals surface area contributed by atoms with Crippen LogP contribution in [0.3, 0.4) is 0 Å². The fourth-order valence-electron chi connectivity index (χ4n) is 1.41. The van der Waals surface area contributed by atoms with Gasteiger partial charge >= 0.3 is 0 Å². The van der Waals surface area contributed by atoms with E-state index in [1.54, 1.807) is 36.5 Å². The third-order valence-corrected chi connectivity index (χ3v) is 2.33. The largest absolute Gasteiger partial charge is 0.380 e. The fraction of sp³-hybridized carbons (Fsp3) is 0.0769. The van der Waals surface area contributed by atoms with Crippen LogP contribution in [0.5, 0.6) is 0 Å².